The maximum atomic E-state index is 11.2. The Kier molecular flexibility index (Phi) is 10.2. The largest absolute Gasteiger partial charge is 0.463 e. The van der Waals surface area contributed by atoms with Crippen LogP contribution in [0.25, 0.3) is 0 Å². The van der Waals surface area contributed by atoms with Crippen LogP contribution in [0.1, 0.15) is 27.2 Å². The Morgan fingerprint density at radius 2 is 2.00 bits per heavy atom. The van der Waals surface area contributed by atoms with Crippen LogP contribution in [0.4, 0.5) is 0 Å². The van der Waals surface area contributed by atoms with Crippen LogP contribution in [-0.4, -0.2) is 37.3 Å². The van der Waals surface area contributed by atoms with E-state index in [4.69, 9.17) is 9.47 Å². The summed E-state index contributed by atoms with van der Waals surface area (Å²) in [5.41, 5.74) is 0. The molecule has 15 heavy (non-hydrogen) atoms. The summed E-state index contributed by atoms with van der Waals surface area (Å²) in [6.07, 6.45) is 0.826. The molecule has 0 aliphatic heterocycles. The Hall–Kier alpha value is -0.220. The van der Waals surface area contributed by atoms with Gasteiger partial charge in [-0.05, 0) is 12.2 Å². The molecule has 0 radical (unpaired) electrons. The summed E-state index contributed by atoms with van der Waals surface area (Å²) < 4.78 is 10.3. The van der Waals surface area contributed by atoms with Crippen LogP contribution < -0.4 is 0 Å². The second-order valence-electron chi connectivity index (χ2n) is 3.29. The molecule has 90 valence electrons. The fraction of sp³-hybridized carbons (Fsp3) is 0.909. The molecule has 0 aromatic heterocycles. The number of carbonyl (C=O) groups excluding carboxylic acids is 1. The minimum Gasteiger partial charge on any atom is -0.463 e. The maximum Gasteiger partial charge on any atom is 0.308 e. The molecule has 0 aliphatic carbocycles. The zero-order valence-electron chi connectivity index (χ0n) is 9.95. The normalized spacial score (nSPS) is 12.5. The van der Waals surface area contributed by atoms with Gasteiger partial charge in [-0.3, -0.25) is 4.79 Å². The lowest BCUT2D eigenvalue weighted by atomic mass is 10.1. The molecule has 0 bridgehead atoms. The van der Waals surface area contributed by atoms with E-state index in [9.17, 15) is 4.79 Å². The zero-order valence-corrected chi connectivity index (χ0v) is 10.8. The second kappa shape index (κ2) is 10.3. The van der Waals surface area contributed by atoms with E-state index in [1.165, 1.54) is 0 Å². The number of thioether (sulfide) groups is 1. The number of hydrogen-bond donors (Lipinski definition) is 0. The van der Waals surface area contributed by atoms with E-state index in [0.717, 1.165) is 24.5 Å². The predicted octanol–water partition coefficient (Wildman–Crippen LogP) is 2.35. The van der Waals surface area contributed by atoms with Gasteiger partial charge in [0.15, 0.2) is 0 Å². The maximum absolute atomic E-state index is 11.2. The molecule has 0 fully saturated rings. The molecule has 0 amide bonds. The van der Waals surface area contributed by atoms with E-state index in [1.807, 2.05) is 25.6 Å². The van der Waals surface area contributed by atoms with Crippen molar-refractivity contribution in [2.75, 3.05) is 31.3 Å². The predicted molar refractivity (Wildman–Crippen MR) is 64.2 cm³/mol. The lowest BCUT2D eigenvalue weighted by Crippen LogP contribution is -2.17. The van der Waals surface area contributed by atoms with Crippen molar-refractivity contribution >= 4 is 17.7 Å². The van der Waals surface area contributed by atoms with Gasteiger partial charge in [-0.1, -0.05) is 20.8 Å². The van der Waals surface area contributed by atoms with E-state index >= 15 is 0 Å². The molecule has 1 unspecified atom stereocenters. The Morgan fingerprint density at radius 1 is 1.27 bits per heavy atom. The van der Waals surface area contributed by atoms with E-state index in [1.54, 1.807) is 0 Å². The van der Waals surface area contributed by atoms with Crippen LogP contribution in [0.5, 0.6) is 0 Å². The molecule has 0 saturated carbocycles. The van der Waals surface area contributed by atoms with Gasteiger partial charge in [0.25, 0.3) is 0 Å². The average molecular weight is 234 g/mol. The summed E-state index contributed by atoms with van der Waals surface area (Å²) >= 11 is 1.85. The molecule has 0 spiro atoms. The van der Waals surface area contributed by atoms with Crippen LogP contribution in [0.3, 0.4) is 0 Å². The van der Waals surface area contributed by atoms with Crippen LogP contribution in [0, 0.1) is 5.92 Å². The SMILES string of the molecule is CCSCCOCCOC(=O)C(C)CC. The number of rotatable bonds is 9. The first kappa shape index (κ1) is 14.8. The molecule has 0 rings (SSSR count). The highest BCUT2D eigenvalue weighted by Gasteiger charge is 2.10. The van der Waals surface area contributed by atoms with Crippen LogP contribution in [0.15, 0.2) is 0 Å². The molecule has 4 heteroatoms. The first-order valence-electron chi connectivity index (χ1n) is 5.54. The third-order valence-electron chi connectivity index (χ3n) is 2.06. The molecule has 0 N–H and O–H groups in total. The highest BCUT2D eigenvalue weighted by Crippen LogP contribution is 2.02. The van der Waals surface area contributed by atoms with Gasteiger partial charge in [0.1, 0.15) is 6.61 Å². The standard InChI is InChI=1S/C11H22O3S/c1-4-10(3)11(12)14-7-6-13-8-9-15-5-2/h10H,4-9H2,1-3H3. The first-order chi connectivity index (χ1) is 7.22. The van der Waals surface area contributed by atoms with Gasteiger partial charge in [0.2, 0.25) is 0 Å². The highest BCUT2D eigenvalue weighted by molar-refractivity contribution is 7.99. The van der Waals surface area contributed by atoms with Crippen molar-refractivity contribution in [3.8, 4) is 0 Å². The number of ether oxygens (including phenoxy) is 2. The monoisotopic (exact) mass is 234 g/mol. The van der Waals surface area contributed by atoms with Gasteiger partial charge in [-0.15, -0.1) is 0 Å². The van der Waals surface area contributed by atoms with E-state index in [0.29, 0.717) is 13.2 Å². The molecule has 1 atom stereocenters. The third-order valence-corrected chi connectivity index (χ3v) is 2.93. The Bertz CT molecular complexity index is 162. The fourth-order valence-electron chi connectivity index (χ4n) is 0.874. The van der Waals surface area contributed by atoms with Crippen molar-refractivity contribution in [3.05, 3.63) is 0 Å². The van der Waals surface area contributed by atoms with Crippen LogP contribution >= 0.6 is 11.8 Å². The molecule has 3 nitrogen and oxygen atoms in total. The topological polar surface area (TPSA) is 35.5 Å². The lowest BCUT2D eigenvalue weighted by molar-refractivity contribution is -0.149. The summed E-state index contributed by atoms with van der Waals surface area (Å²) in [6, 6.07) is 0. The van der Waals surface area contributed by atoms with Crippen LogP contribution in [0.2, 0.25) is 0 Å². The molecular formula is C11H22O3S. The van der Waals surface area contributed by atoms with Gasteiger partial charge in [0.05, 0.1) is 19.1 Å². The fourth-order valence-corrected chi connectivity index (χ4v) is 1.40. The summed E-state index contributed by atoms with van der Waals surface area (Å²) in [5, 5.41) is 0. The Labute approximate surface area is 96.9 Å². The van der Waals surface area contributed by atoms with E-state index in [-0.39, 0.29) is 11.9 Å². The van der Waals surface area contributed by atoms with Gasteiger partial charge < -0.3 is 9.47 Å². The summed E-state index contributed by atoms with van der Waals surface area (Å²) in [6.45, 7) is 7.59. The molecule has 0 aromatic carbocycles. The van der Waals surface area contributed by atoms with Crippen molar-refractivity contribution < 1.29 is 14.3 Å². The number of carbonyl (C=O) groups is 1. The lowest BCUT2D eigenvalue weighted by Gasteiger charge is -2.09. The van der Waals surface area contributed by atoms with Gasteiger partial charge in [-0.25, -0.2) is 0 Å². The zero-order chi connectivity index (χ0) is 11.5. The Balaban J connectivity index is 3.20. The minimum atomic E-state index is -0.121. The van der Waals surface area contributed by atoms with Crippen molar-refractivity contribution in [1.29, 1.82) is 0 Å². The van der Waals surface area contributed by atoms with Gasteiger partial charge in [-0.2, -0.15) is 11.8 Å². The summed E-state index contributed by atoms with van der Waals surface area (Å²) in [7, 11) is 0. The number of hydrogen-bond acceptors (Lipinski definition) is 4. The average Bonchev–Trinajstić information content (AvgIpc) is 2.26. The van der Waals surface area contributed by atoms with Gasteiger partial charge >= 0.3 is 5.97 Å². The summed E-state index contributed by atoms with van der Waals surface area (Å²) in [4.78, 5) is 11.2. The Morgan fingerprint density at radius 3 is 2.60 bits per heavy atom. The number of esters is 1. The molecule has 0 saturated heterocycles. The molecule has 0 aliphatic rings. The van der Waals surface area contributed by atoms with Gasteiger partial charge in [0, 0.05) is 5.75 Å². The second-order valence-corrected chi connectivity index (χ2v) is 4.68. The third kappa shape index (κ3) is 8.75. The van der Waals surface area contributed by atoms with Crippen LogP contribution in [-0.2, 0) is 14.3 Å². The smallest absolute Gasteiger partial charge is 0.308 e. The van der Waals surface area contributed by atoms with E-state index < -0.39 is 0 Å². The molecular weight excluding hydrogens is 212 g/mol. The molecule has 0 aromatic rings. The van der Waals surface area contributed by atoms with Crippen molar-refractivity contribution in [1.82, 2.24) is 0 Å². The highest BCUT2D eigenvalue weighted by atomic mass is 32.2. The quantitative estimate of drug-likeness (QED) is 0.453. The van der Waals surface area contributed by atoms with E-state index in [2.05, 4.69) is 6.92 Å². The summed E-state index contributed by atoms with van der Waals surface area (Å²) in [5.74, 6) is 2.01. The van der Waals surface area contributed by atoms with Crippen molar-refractivity contribution in [2.45, 2.75) is 27.2 Å². The minimum absolute atomic E-state index is 0.000599. The molecule has 0 heterocycles. The van der Waals surface area contributed by atoms with Crippen molar-refractivity contribution in [2.24, 2.45) is 5.92 Å². The first-order valence-corrected chi connectivity index (χ1v) is 6.69. The van der Waals surface area contributed by atoms with Crippen molar-refractivity contribution in [3.63, 3.8) is 0 Å².